The second-order valence-corrected chi connectivity index (χ2v) is 5.81. The van der Waals surface area contributed by atoms with Gasteiger partial charge in [-0.3, -0.25) is 0 Å². The summed E-state index contributed by atoms with van der Waals surface area (Å²) in [4.78, 5) is 20.9. The Morgan fingerprint density at radius 1 is 1.35 bits per heavy atom. The first kappa shape index (κ1) is 13.7. The number of carbonyl (C=O) groups excluding carboxylic acids is 1. The quantitative estimate of drug-likeness (QED) is 0.662. The molecule has 2 amide bonds. The molecule has 0 bridgehead atoms. The van der Waals surface area contributed by atoms with Gasteiger partial charge in [0.05, 0.1) is 5.56 Å². The lowest BCUT2D eigenvalue weighted by Gasteiger charge is -2.08. The summed E-state index contributed by atoms with van der Waals surface area (Å²) >= 11 is 1.82. The van der Waals surface area contributed by atoms with Crippen molar-refractivity contribution in [3.8, 4) is 0 Å². The lowest BCUT2D eigenvalue weighted by Crippen LogP contribution is -2.35. The zero-order valence-corrected chi connectivity index (χ0v) is 11.1. The average Bonchev–Trinajstić information content (AvgIpc) is 2.14. The molecule has 0 aliphatic heterocycles. The number of hydrogen-bond acceptors (Lipinski definition) is 4. The van der Waals surface area contributed by atoms with Crippen molar-refractivity contribution in [1.29, 1.82) is 0 Å². The molecular weight excluding hydrogens is 363 g/mol. The minimum Gasteiger partial charge on any atom is -0.478 e. The summed E-state index contributed by atoms with van der Waals surface area (Å²) < 4.78 is 25.3. The lowest BCUT2D eigenvalue weighted by atomic mass is 10.2. The summed E-state index contributed by atoms with van der Waals surface area (Å²) in [7, 11) is -4.27. The van der Waals surface area contributed by atoms with Crippen LogP contribution in [0.25, 0.3) is 0 Å². The molecule has 0 heterocycles. The van der Waals surface area contributed by atoms with Crippen molar-refractivity contribution in [2.45, 2.75) is 4.90 Å². The number of sulfonamides is 1. The van der Waals surface area contributed by atoms with E-state index in [4.69, 9.17) is 10.8 Å². The number of urea groups is 1. The summed E-state index contributed by atoms with van der Waals surface area (Å²) in [5.74, 6) is -1.41. The third-order valence-corrected chi connectivity index (χ3v) is 3.76. The molecule has 17 heavy (non-hydrogen) atoms. The van der Waals surface area contributed by atoms with Gasteiger partial charge in [0, 0.05) is 3.57 Å². The Labute approximate surface area is 110 Å². The van der Waals surface area contributed by atoms with Gasteiger partial charge in [-0.25, -0.2) is 22.7 Å². The van der Waals surface area contributed by atoms with E-state index in [1.54, 1.807) is 0 Å². The van der Waals surface area contributed by atoms with Crippen LogP contribution >= 0.6 is 22.6 Å². The Balaban J connectivity index is 3.43. The molecule has 1 aromatic carbocycles. The van der Waals surface area contributed by atoms with Crippen LogP contribution in [0.5, 0.6) is 0 Å². The van der Waals surface area contributed by atoms with Gasteiger partial charge in [0.2, 0.25) is 0 Å². The van der Waals surface area contributed by atoms with Crippen molar-refractivity contribution in [2.75, 3.05) is 0 Å². The first-order valence-electron chi connectivity index (χ1n) is 4.09. The topological polar surface area (TPSA) is 127 Å². The largest absolute Gasteiger partial charge is 0.478 e. The Bertz CT molecular complexity index is 584. The van der Waals surface area contributed by atoms with E-state index in [9.17, 15) is 18.0 Å². The number of benzene rings is 1. The van der Waals surface area contributed by atoms with Crippen LogP contribution in [0, 0.1) is 3.57 Å². The highest BCUT2D eigenvalue weighted by Crippen LogP contribution is 2.19. The number of nitrogens with two attached hydrogens (primary N) is 1. The molecule has 1 rings (SSSR count). The molecule has 0 spiro atoms. The van der Waals surface area contributed by atoms with Crippen LogP contribution in [0.15, 0.2) is 23.1 Å². The van der Waals surface area contributed by atoms with Gasteiger partial charge >= 0.3 is 12.0 Å². The second kappa shape index (κ2) is 4.87. The van der Waals surface area contributed by atoms with Crippen LogP contribution in [0.1, 0.15) is 10.4 Å². The first-order valence-corrected chi connectivity index (χ1v) is 6.65. The van der Waals surface area contributed by atoms with Gasteiger partial charge in [-0.05, 0) is 40.8 Å². The standard InChI is InChI=1S/C8H7IN2O5S/c9-4-1-2-5(7(12)13)6(3-4)17(15,16)11-8(10)14/h1-3H,(H,12,13)(H3,10,11,14). The van der Waals surface area contributed by atoms with Crippen LogP contribution < -0.4 is 10.5 Å². The van der Waals surface area contributed by atoms with Crippen LogP contribution in [-0.2, 0) is 10.0 Å². The molecule has 0 saturated carbocycles. The van der Waals surface area contributed by atoms with E-state index < -0.39 is 32.5 Å². The predicted octanol–water partition coefficient (Wildman–Crippen LogP) is 0.346. The third kappa shape index (κ3) is 3.30. The first-order chi connectivity index (χ1) is 7.74. The van der Waals surface area contributed by atoms with E-state index in [1.165, 1.54) is 10.8 Å². The van der Waals surface area contributed by atoms with Gasteiger partial charge in [-0.1, -0.05) is 0 Å². The summed E-state index contributed by atoms with van der Waals surface area (Å²) in [5.41, 5.74) is 4.27. The van der Waals surface area contributed by atoms with Gasteiger partial charge in [0.15, 0.2) is 0 Å². The lowest BCUT2D eigenvalue weighted by molar-refractivity contribution is 0.0692. The zero-order valence-electron chi connectivity index (χ0n) is 8.18. The van der Waals surface area contributed by atoms with Crippen molar-refractivity contribution < 1.29 is 23.1 Å². The van der Waals surface area contributed by atoms with E-state index >= 15 is 0 Å². The van der Waals surface area contributed by atoms with Crippen molar-refractivity contribution in [1.82, 2.24) is 4.72 Å². The predicted molar refractivity (Wildman–Crippen MR) is 66.0 cm³/mol. The maximum absolute atomic E-state index is 11.6. The van der Waals surface area contributed by atoms with E-state index in [-0.39, 0.29) is 0 Å². The highest BCUT2D eigenvalue weighted by atomic mass is 127. The molecule has 0 aromatic heterocycles. The Kier molecular flexibility index (Phi) is 3.93. The number of primary amides is 1. The molecule has 4 N–H and O–H groups in total. The monoisotopic (exact) mass is 370 g/mol. The van der Waals surface area contributed by atoms with Crippen molar-refractivity contribution in [3.05, 3.63) is 27.3 Å². The van der Waals surface area contributed by atoms with Crippen molar-refractivity contribution in [2.24, 2.45) is 5.73 Å². The fraction of sp³-hybridized carbons (Fsp3) is 0. The second-order valence-electron chi connectivity index (χ2n) is 2.92. The van der Waals surface area contributed by atoms with E-state index in [1.807, 2.05) is 22.6 Å². The molecule has 1 aromatic rings. The van der Waals surface area contributed by atoms with Crippen LogP contribution in [0.3, 0.4) is 0 Å². The molecule has 0 aliphatic rings. The Morgan fingerprint density at radius 2 is 1.94 bits per heavy atom. The molecule has 7 nitrogen and oxygen atoms in total. The molecule has 0 unspecified atom stereocenters. The van der Waals surface area contributed by atoms with Gasteiger partial charge in [0.1, 0.15) is 4.90 Å². The fourth-order valence-electron chi connectivity index (χ4n) is 1.08. The fourth-order valence-corrected chi connectivity index (χ4v) is 2.89. The minimum atomic E-state index is -4.27. The number of nitrogens with one attached hydrogen (secondary N) is 1. The summed E-state index contributed by atoms with van der Waals surface area (Å²) in [6.45, 7) is 0. The van der Waals surface area contributed by atoms with Gasteiger partial charge in [-0.15, -0.1) is 0 Å². The molecule has 92 valence electrons. The molecule has 0 radical (unpaired) electrons. The van der Waals surface area contributed by atoms with E-state index in [0.717, 1.165) is 12.1 Å². The summed E-state index contributed by atoms with van der Waals surface area (Å²) in [5, 5.41) is 8.84. The molecule has 0 aliphatic carbocycles. The van der Waals surface area contributed by atoms with Crippen LogP contribution in [-0.4, -0.2) is 25.5 Å². The molecule has 0 saturated heterocycles. The van der Waals surface area contributed by atoms with Crippen molar-refractivity contribution in [3.63, 3.8) is 0 Å². The Morgan fingerprint density at radius 3 is 2.41 bits per heavy atom. The van der Waals surface area contributed by atoms with Gasteiger partial charge < -0.3 is 10.8 Å². The number of carbonyl (C=O) groups is 2. The smallest absolute Gasteiger partial charge is 0.337 e. The molecule has 9 heteroatoms. The number of hydrogen-bond donors (Lipinski definition) is 3. The number of aromatic carboxylic acids is 1. The number of halogens is 1. The molecular formula is C8H7IN2O5S. The number of carboxylic acid groups (broad SMARTS) is 1. The van der Waals surface area contributed by atoms with E-state index in [0.29, 0.717) is 3.57 Å². The van der Waals surface area contributed by atoms with Gasteiger partial charge in [-0.2, -0.15) is 0 Å². The number of rotatable bonds is 3. The van der Waals surface area contributed by atoms with Gasteiger partial charge in [0.25, 0.3) is 10.0 Å². The highest BCUT2D eigenvalue weighted by molar-refractivity contribution is 14.1. The normalized spacial score (nSPS) is 10.9. The number of amides is 2. The maximum Gasteiger partial charge on any atom is 0.337 e. The summed E-state index contributed by atoms with van der Waals surface area (Å²) in [6, 6.07) is 2.43. The summed E-state index contributed by atoms with van der Waals surface area (Å²) in [6.07, 6.45) is 0. The molecule has 0 atom stereocenters. The van der Waals surface area contributed by atoms with Crippen LogP contribution in [0.4, 0.5) is 4.79 Å². The third-order valence-electron chi connectivity index (χ3n) is 1.70. The zero-order chi connectivity index (χ0) is 13.2. The van der Waals surface area contributed by atoms with Crippen LogP contribution in [0.2, 0.25) is 0 Å². The molecule has 0 fully saturated rings. The highest BCUT2D eigenvalue weighted by Gasteiger charge is 2.23. The maximum atomic E-state index is 11.6. The Hall–Kier alpha value is -1.36. The minimum absolute atomic E-state index is 0.431. The SMILES string of the molecule is NC(=O)NS(=O)(=O)c1cc(I)ccc1C(=O)O. The number of carboxylic acids is 1. The van der Waals surface area contributed by atoms with E-state index in [2.05, 4.69) is 0 Å². The average molecular weight is 370 g/mol. The van der Waals surface area contributed by atoms with Crippen molar-refractivity contribution >= 4 is 44.6 Å².